The number of hydrogen-bond acceptors (Lipinski definition) is 6. The highest BCUT2D eigenvalue weighted by atomic mass is 32.2. The number of nitrogens with one attached hydrogen (secondary N) is 1. The van der Waals surface area contributed by atoms with E-state index in [2.05, 4.69) is 5.32 Å². The van der Waals surface area contributed by atoms with Crippen LogP contribution in [0.2, 0.25) is 0 Å². The lowest BCUT2D eigenvalue weighted by molar-refractivity contribution is -0.141. The lowest BCUT2D eigenvalue weighted by Gasteiger charge is -2.34. The number of nitrogens with zero attached hydrogens (tertiary/aromatic N) is 2. The van der Waals surface area contributed by atoms with Crippen molar-refractivity contribution < 1.29 is 27.5 Å². The summed E-state index contributed by atoms with van der Waals surface area (Å²) in [7, 11) is -0.882. The van der Waals surface area contributed by atoms with Gasteiger partial charge in [0.2, 0.25) is 21.8 Å². The standard InChI is InChI=1S/C26H37N3O6S/c1-8-21(25(31)27-26(2,3)4)28(17-19-12-11-13-20(16-19)34-5)24(30)18-29(36(7,32)33)22-14-9-10-15-23(22)35-6/h9-16,21H,8,17-18H2,1-7H3,(H,27,31). The SMILES string of the molecule is CCC(C(=O)NC(C)(C)C)N(Cc1cccc(OC)c1)C(=O)CN(c1ccccc1OC)S(C)(=O)=O. The second kappa shape index (κ2) is 12.1. The summed E-state index contributed by atoms with van der Waals surface area (Å²) >= 11 is 0. The van der Waals surface area contributed by atoms with Gasteiger partial charge in [-0.25, -0.2) is 8.42 Å². The van der Waals surface area contributed by atoms with E-state index in [0.29, 0.717) is 17.9 Å². The summed E-state index contributed by atoms with van der Waals surface area (Å²) in [6.45, 7) is 6.99. The van der Waals surface area contributed by atoms with Crippen LogP contribution in [0.25, 0.3) is 0 Å². The summed E-state index contributed by atoms with van der Waals surface area (Å²) in [6, 6.07) is 12.9. The minimum absolute atomic E-state index is 0.0929. The van der Waals surface area contributed by atoms with Crippen molar-refractivity contribution in [3.8, 4) is 11.5 Å². The van der Waals surface area contributed by atoms with Crippen molar-refractivity contribution in [2.75, 3.05) is 31.3 Å². The first kappa shape index (κ1) is 29.0. The van der Waals surface area contributed by atoms with Gasteiger partial charge in [0.25, 0.3) is 0 Å². The van der Waals surface area contributed by atoms with Gasteiger partial charge in [0.05, 0.1) is 26.2 Å². The van der Waals surface area contributed by atoms with Crippen molar-refractivity contribution >= 4 is 27.5 Å². The molecule has 198 valence electrons. The second-order valence-electron chi connectivity index (χ2n) is 9.48. The molecule has 0 saturated heterocycles. The third kappa shape index (κ3) is 7.87. The van der Waals surface area contributed by atoms with Crippen LogP contribution >= 0.6 is 0 Å². The Bertz CT molecular complexity index is 1160. The van der Waals surface area contributed by atoms with E-state index in [0.717, 1.165) is 16.1 Å². The Labute approximate surface area is 214 Å². The number of benzene rings is 2. The van der Waals surface area contributed by atoms with Gasteiger partial charge in [0, 0.05) is 12.1 Å². The number of rotatable bonds is 11. The third-order valence-corrected chi connectivity index (χ3v) is 6.53. The van der Waals surface area contributed by atoms with E-state index in [-0.39, 0.29) is 18.1 Å². The topological polar surface area (TPSA) is 105 Å². The highest BCUT2D eigenvalue weighted by Gasteiger charge is 2.33. The molecule has 9 nitrogen and oxygen atoms in total. The number of amides is 2. The maximum Gasteiger partial charge on any atom is 0.244 e. The molecule has 0 aliphatic heterocycles. The van der Waals surface area contributed by atoms with Crippen LogP contribution in [0.5, 0.6) is 11.5 Å². The van der Waals surface area contributed by atoms with Crippen LogP contribution in [-0.4, -0.2) is 63.7 Å². The molecule has 0 aliphatic rings. The normalized spacial score (nSPS) is 12.4. The average Bonchev–Trinajstić information content (AvgIpc) is 2.80. The molecule has 2 aromatic carbocycles. The number of carbonyl (C=O) groups is 2. The van der Waals surface area contributed by atoms with Crippen LogP contribution < -0.4 is 19.1 Å². The summed E-state index contributed by atoms with van der Waals surface area (Å²) in [5.41, 5.74) is 0.475. The third-order valence-electron chi connectivity index (χ3n) is 5.40. The zero-order valence-corrected chi connectivity index (χ0v) is 22.9. The van der Waals surface area contributed by atoms with Gasteiger partial charge in [0.1, 0.15) is 24.1 Å². The number of anilines is 1. The van der Waals surface area contributed by atoms with Crippen molar-refractivity contribution in [2.24, 2.45) is 0 Å². The van der Waals surface area contributed by atoms with Crippen molar-refractivity contribution in [2.45, 2.75) is 52.2 Å². The van der Waals surface area contributed by atoms with Gasteiger partial charge in [-0.2, -0.15) is 0 Å². The van der Waals surface area contributed by atoms with Crippen molar-refractivity contribution in [1.82, 2.24) is 10.2 Å². The molecule has 2 amide bonds. The molecule has 0 fully saturated rings. The second-order valence-corrected chi connectivity index (χ2v) is 11.4. The first-order valence-electron chi connectivity index (χ1n) is 11.7. The van der Waals surface area contributed by atoms with Gasteiger partial charge < -0.3 is 19.7 Å². The minimum atomic E-state index is -3.86. The van der Waals surface area contributed by atoms with E-state index in [1.807, 2.05) is 33.8 Å². The Morgan fingerprint density at radius 1 is 1.03 bits per heavy atom. The number of ether oxygens (including phenoxy) is 2. The van der Waals surface area contributed by atoms with Crippen LogP contribution in [0, 0.1) is 0 Å². The largest absolute Gasteiger partial charge is 0.497 e. The van der Waals surface area contributed by atoms with Crippen molar-refractivity contribution in [3.63, 3.8) is 0 Å². The van der Waals surface area contributed by atoms with Gasteiger partial charge in [-0.05, 0) is 57.0 Å². The Balaban J connectivity index is 2.51. The molecule has 0 saturated carbocycles. The first-order valence-corrected chi connectivity index (χ1v) is 13.5. The molecular weight excluding hydrogens is 482 g/mol. The summed E-state index contributed by atoms with van der Waals surface area (Å²) < 4.78 is 37.2. The lowest BCUT2D eigenvalue weighted by Crippen LogP contribution is -2.55. The van der Waals surface area contributed by atoms with E-state index in [1.165, 1.54) is 12.0 Å². The van der Waals surface area contributed by atoms with Gasteiger partial charge in [0.15, 0.2) is 0 Å². The van der Waals surface area contributed by atoms with Gasteiger partial charge >= 0.3 is 0 Å². The number of para-hydroxylation sites is 2. The molecule has 0 bridgehead atoms. The summed E-state index contributed by atoms with van der Waals surface area (Å²) in [6.07, 6.45) is 1.37. The van der Waals surface area contributed by atoms with E-state index < -0.39 is 34.1 Å². The highest BCUT2D eigenvalue weighted by molar-refractivity contribution is 7.92. The summed E-state index contributed by atoms with van der Waals surface area (Å²) in [4.78, 5) is 28.4. The predicted octanol–water partition coefficient (Wildman–Crippen LogP) is 3.19. The minimum Gasteiger partial charge on any atom is -0.497 e. The molecule has 36 heavy (non-hydrogen) atoms. The zero-order chi connectivity index (χ0) is 27.1. The van der Waals surface area contributed by atoms with Crippen molar-refractivity contribution in [3.05, 3.63) is 54.1 Å². The van der Waals surface area contributed by atoms with Crippen LogP contribution in [0.15, 0.2) is 48.5 Å². The molecular formula is C26H37N3O6S. The molecule has 1 N–H and O–H groups in total. The molecule has 0 spiro atoms. The quantitative estimate of drug-likeness (QED) is 0.489. The molecule has 1 unspecified atom stereocenters. The smallest absolute Gasteiger partial charge is 0.244 e. The van der Waals surface area contributed by atoms with Gasteiger partial charge in [-0.15, -0.1) is 0 Å². The first-order chi connectivity index (χ1) is 16.8. The Morgan fingerprint density at radius 3 is 2.25 bits per heavy atom. The maximum absolute atomic E-state index is 13.8. The van der Waals surface area contributed by atoms with Crippen molar-refractivity contribution in [1.29, 1.82) is 0 Å². The molecule has 0 aromatic heterocycles. The van der Waals surface area contributed by atoms with Crippen LogP contribution in [-0.2, 0) is 26.2 Å². The van der Waals surface area contributed by atoms with E-state index in [1.54, 1.807) is 49.6 Å². The fourth-order valence-corrected chi connectivity index (χ4v) is 4.62. The average molecular weight is 520 g/mol. The summed E-state index contributed by atoms with van der Waals surface area (Å²) in [5.74, 6) is 0.0842. The number of carbonyl (C=O) groups excluding carboxylic acids is 2. The molecule has 10 heteroatoms. The number of hydrogen-bond donors (Lipinski definition) is 1. The van der Waals surface area contributed by atoms with Crippen LogP contribution in [0.1, 0.15) is 39.7 Å². The van der Waals surface area contributed by atoms with Gasteiger partial charge in [-0.3, -0.25) is 13.9 Å². The molecule has 0 heterocycles. The molecule has 1 atom stereocenters. The maximum atomic E-state index is 13.8. The van der Waals surface area contributed by atoms with E-state index in [4.69, 9.17) is 9.47 Å². The summed E-state index contributed by atoms with van der Waals surface area (Å²) in [5, 5.41) is 2.94. The fraction of sp³-hybridized carbons (Fsp3) is 0.462. The zero-order valence-electron chi connectivity index (χ0n) is 22.1. The molecule has 2 aromatic rings. The molecule has 0 aliphatic carbocycles. The van der Waals surface area contributed by atoms with Gasteiger partial charge in [-0.1, -0.05) is 31.2 Å². The number of sulfonamides is 1. The molecule has 0 radical (unpaired) electrons. The lowest BCUT2D eigenvalue weighted by atomic mass is 10.1. The predicted molar refractivity (Wildman–Crippen MR) is 141 cm³/mol. The van der Waals surface area contributed by atoms with Crippen LogP contribution in [0.4, 0.5) is 5.69 Å². The number of methoxy groups -OCH3 is 2. The Kier molecular flexibility index (Phi) is 9.75. The Hall–Kier alpha value is -3.27. The van der Waals surface area contributed by atoms with E-state index >= 15 is 0 Å². The molecule has 2 rings (SSSR count). The monoisotopic (exact) mass is 519 g/mol. The van der Waals surface area contributed by atoms with Crippen LogP contribution in [0.3, 0.4) is 0 Å². The van der Waals surface area contributed by atoms with E-state index in [9.17, 15) is 18.0 Å². The highest BCUT2D eigenvalue weighted by Crippen LogP contribution is 2.30. The fourth-order valence-electron chi connectivity index (χ4n) is 3.77. The Morgan fingerprint density at radius 2 is 1.69 bits per heavy atom.